The molecule has 1 rings (SSSR count). The van der Waals surface area contributed by atoms with Crippen molar-refractivity contribution in [2.24, 2.45) is 0 Å². The summed E-state index contributed by atoms with van der Waals surface area (Å²) in [5, 5.41) is 6.65. The van der Waals surface area contributed by atoms with Crippen molar-refractivity contribution in [3.05, 3.63) is 11.9 Å². The smallest absolute Gasteiger partial charge is 0.273 e. The van der Waals surface area contributed by atoms with E-state index in [1.807, 2.05) is 6.92 Å². The molecule has 0 saturated carbocycles. The number of rotatable bonds is 5. The van der Waals surface area contributed by atoms with E-state index in [1.165, 1.54) is 0 Å². The fourth-order valence-corrected chi connectivity index (χ4v) is 1.56. The number of anilines is 1. The highest BCUT2D eigenvalue weighted by atomic mass is 32.2. The van der Waals surface area contributed by atoms with Gasteiger partial charge in [-0.25, -0.2) is 0 Å². The fraction of sp³-hybridized carbons (Fsp3) is 0.556. The Kier molecular flexibility index (Phi) is 4.48. The van der Waals surface area contributed by atoms with Gasteiger partial charge in [0.1, 0.15) is 0 Å². The van der Waals surface area contributed by atoms with E-state index in [-0.39, 0.29) is 11.6 Å². The van der Waals surface area contributed by atoms with Crippen LogP contribution in [0.25, 0.3) is 0 Å². The van der Waals surface area contributed by atoms with Crippen molar-refractivity contribution in [1.29, 1.82) is 0 Å². The molecule has 3 N–H and O–H groups in total. The van der Waals surface area contributed by atoms with Crippen LogP contribution in [0.5, 0.6) is 0 Å². The summed E-state index contributed by atoms with van der Waals surface area (Å²) in [6.07, 6.45) is 3.21. The van der Waals surface area contributed by atoms with Gasteiger partial charge in [-0.2, -0.15) is 5.10 Å². The van der Waals surface area contributed by atoms with E-state index in [2.05, 4.69) is 10.4 Å². The highest BCUT2D eigenvalue weighted by Crippen LogP contribution is 2.08. The Labute approximate surface area is 96.7 Å². The molecule has 1 aromatic heterocycles. The molecule has 0 saturated heterocycles. The molecule has 1 aromatic rings. The minimum atomic E-state index is -0.912. The molecule has 1 heterocycles. The summed E-state index contributed by atoms with van der Waals surface area (Å²) < 4.78 is 12.4. The molecule has 0 fully saturated rings. The zero-order valence-corrected chi connectivity index (χ0v) is 10.2. The normalized spacial score (nSPS) is 12.4. The third-order valence-electron chi connectivity index (χ3n) is 2.00. The lowest BCUT2D eigenvalue weighted by Gasteiger charge is -2.01. The van der Waals surface area contributed by atoms with Crippen LogP contribution in [0.1, 0.15) is 17.4 Å². The molecule has 1 atom stereocenters. The molecule has 0 aromatic carbocycles. The zero-order valence-electron chi connectivity index (χ0n) is 9.40. The van der Waals surface area contributed by atoms with Gasteiger partial charge in [0.15, 0.2) is 5.69 Å². The third kappa shape index (κ3) is 3.34. The maximum Gasteiger partial charge on any atom is 0.273 e. The van der Waals surface area contributed by atoms with Gasteiger partial charge < -0.3 is 11.1 Å². The van der Waals surface area contributed by atoms with E-state index in [1.54, 1.807) is 17.1 Å². The highest BCUT2D eigenvalue weighted by molar-refractivity contribution is 7.84. The monoisotopic (exact) mass is 244 g/mol. The summed E-state index contributed by atoms with van der Waals surface area (Å²) in [7, 11) is -0.912. The SMILES string of the molecule is CCn1cc(N)c(C(=O)NCCS(C)=O)n1. The number of nitrogen functional groups attached to an aromatic ring is 1. The Morgan fingerprint density at radius 2 is 2.38 bits per heavy atom. The van der Waals surface area contributed by atoms with Crippen molar-refractivity contribution < 1.29 is 9.00 Å². The average molecular weight is 244 g/mol. The van der Waals surface area contributed by atoms with Crippen LogP contribution in [0, 0.1) is 0 Å². The van der Waals surface area contributed by atoms with E-state index in [0.717, 1.165) is 0 Å². The molecule has 0 spiro atoms. The van der Waals surface area contributed by atoms with Crippen molar-refractivity contribution >= 4 is 22.4 Å². The first-order valence-corrected chi connectivity index (χ1v) is 6.68. The second-order valence-corrected chi connectivity index (χ2v) is 4.88. The molecule has 16 heavy (non-hydrogen) atoms. The van der Waals surface area contributed by atoms with Crippen LogP contribution >= 0.6 is 0 Å². The Morgan fingerprint density at radius 1 is 1.69 bits per heavy atom. The largest absolute Gasteiger partial charge is 0.396 e. The summed E-state index contributed by atoms with van der Waals surface area (Å²) in [6.45, 7) is 2.94. The van der Waals surface area contributed by atoms with Gasteiger partial charge in [-0.15, -0.1) is 0 Å². The van der Waals surface area contributed by atoms with Crippen LogP contribution in [0.2, 0.25) is 0 Å². The molecule has 0 bridgehead atoms. The van der Waals surface area contributed by atoms with Crippen molar-refractivity contribution in [3.63, 3.8) is 0 Å². The zero-order chi connectivity index (χ0) is 12.1. The lowest BCUT2D eigenvalue weighted by molar-refractivity contribution is 0.0951. The molecule has 0 aliphatic carbocycles. The van der Waals surface area contributed by atoms with Crippen LogP contribution in [0.3, 0.4) is 0 Å². The Balaban J connectivity index is 2.58. The number of nitrogens with two attached hydrogens (primary N) is 1. The molecule has 1 amide bonds. The first kappa shape index (κ1) is 12.7. The lowest BCUT2D eigenvalue weighted by atomic mass is 10.3. The first-order valence-electron chi connectivity index (χ1n) is 4.95. The van der Waals surface area contributed by atoms with Gasteiger partial charge in [0.2, 0.25) is 0 Å². The number of carbonyl (C=O) groups excluding carboxylic acids is 1. The van der Waals surface area contributed by atoms with Gasteiger partial charge in [0, 0.05) is 42.1 Å². The highest BCUT2D eigenvalue weighted by Gasteiger charge is 2.13. The van der Waals surface area contributed by atoms with Crippen LogP contribution in [-0.4, -0.2) is 38.4 Å². The van der Waals surface area contributed by atoms with Crippen LogP contribution < -0.4 is 11.1 Å². The van der Waals surface area contributed by atoms with Crippen molar-refractivity contribution in [2.45, 2.75) is 13.5 Å². The number of hydrogen-bond donors (Lipinski definition) is 2. The fourth-order valence-electron chi connectivity index (χ4n) is 1.17. The molecule has 7 heteroatoms. The number of aryl methyl sites for hydroxylation is 1. The van der Waals surface area contributed by atoms with Gasteiger partial charge in [-0.05, 0) is 6.92 Å². The van der Waals surface area contributed by atoms with Gasteiger partial charge in [-0.1, -0.05) is 0 Å². The number of nitrogens with one attached hydrogen (secondary N) is 1. The molecule has 90 valence electrons. The quantitative estimate of drug-likeness (QED) is 0.737. The lowest BCUT2D eigenvalue weighted by Crippen LogP contribution is -2.28. The number of carbonyl (C=O) groups is 1. The van der Waals surface area contributed by atoms with Gasteiger partial charge in [0.05, 0.1) is 5.69 Å². The van der Waals surface area contributed by atoms with Crippen molar-refractivity contribution in [3.8, 4) is 0 Å². The minimum absolute atomic E-state index is 0.226. The molecule has 0 aliphatic heterocycles. The summed E-state index contributed by atoms with van der Waals surface area (Å²) in [5.41, 5.74) is 6.23. The molecular formula is C9H16N4O2S. The Morgan fingerprint density at radius 3 is 2.88 bits per heavy atom. The Bertz CT molecular complexity index is 402. The number of hydrogen-bond acceptors (Lipinski definition) is 4. The topological polar surface area (TPSA) is 90.0 Å². The molecule has 1 unspecified atom stereocenters. The van der Waals surface area contributed by atoms with Crippen molar-refractivity contribution in [2.75, 3.05) is 24.3 Å². The molecular weight excluding hydrogens is 228 g/mol. The van der Waals surface area contributed by atoms with Gasteiger partial charge >= 0.3 is 0 Å². The van der Waals surface area contributed by atoms with E-state index in [4.69, 9.17) is 5.73 Å². The Hall–Kier alpha value is -1.37. The van der Waals surface area contributed by atoms with Gasteiger partial charge in [0.25, 0.3) is 5.91 Å². The number of amides is 1. The predicted octanol–water partition coefficient (Wildman–Crippen LogP) is -0.406. The van der Waals surface area contributed by atoms with E-state index in [0.29, 0.717) is 24.5 Å². The maximum atomic E-state index is 11.6. The van der Waals surface area contributed by atoms with E-state index < -0.39 is 10.8 Å². The summed E-state index contributed by atoms with van der Waals surface area (Å²) in [4.78, 5) is 11.6. The molecule has 0 radical (unpaired) electrons. The molecule has 6 nitrogen and oxygen atoms in total. The second-order valence-electron chi connectivity index (χ2n) is 3.32. The third-order valence-corrected chi connectivity index (χ3v) is 2.78. The average Bonchev–Trinajstić information content (AvgIpc) is 2.59. The van der Waals surface area contributed by atoms with Crippen LogP contribution in [-0.2, 0) is 17.3 Å². The second kappa shape index (κ2) is 5.64. The van der Waals surface area contributed by atoms with E-state index >= 15 is 0 Å². The van der Waals surface area contributed by atoms with Crippen LogP contribution in [0.4, 0.5) is 5.69 Å². The molecule has 0 aliphatic rings. The van der Waals surface area contributed by atoms with E-state index in [9.17, 15) is 9.00 Å². The summed E-state index contributed by atoms with van der Waals surface area (Å²) in [6, 6.07) is 0. The number of aromatic nitrogens is 2. The van der Waals surface area contributed by atoms with Crippen molar-refractivity contribution in [1.82, 2.24) is 15.1 Å². The van der Waals surface area contributed by atoms with Crippen LogP contribution in [0.15, 0.2) is 6.20 Å². The number of nitrogens with zero attached hydrogens (tertiary/aromatic N) is 2. The minimum Gasteiger partial charge on any atom is -0.396 e. The maximum absolute atomic E-state index is 11.6. The summed E-state index contributed by atoms with van der Waals surface area (Å²) >= 11 is 0. The first-order chi connectivity index (χ1) is 7.54. The standard InChI is InChI=1S/C9H16N4O2S/c1-3-13-6-7(10)8(12-13)9(14)11-4-5-16(2)15/h6H,3-5,10H2,1-2H3,(H,11,14). The van der Waals surface area contributed by atoms with Gasteiger partial charge in [-0.3, -0.25) is 13.7 Å². The predicted molar refractivity (Wildman–Crippen MR) is 63.6 cm³/mol. The summed E-state index contributed by atoms with van der Waals surface area (Å²) in [5.74, 6) is 0.107.